The second-order valence-corrected chi connectivity index (χ2v) is 6.29. The Morgan fingerprint density at radius 3 is 2.65 bits per heavy atom. The first-order valence-electron chi connectivity index (χ1n) is 7.00. The lowest BCUT2D eigenvalue weighted by molar-refractivity contribution is 0.414. The standard InChI is InChI=1S/C18H15IN2O2/c1-12-17(11-13-4-3-5-16(10-13)23-2)18(22)21(20-12)15-8-6-14(19)7-9-15/h3-11,20H,1H2,2H3/b17-11+. The molecule has 0 unspecified atom stereocenters. The molecule has 116 valence electrons. The van der Waals surface area contributed by atoms with Gasteiger partial charge in [0.15, 0.2) is 0 Å². The van der Waals surface area contributed by atoms with Gasteiger partial charge in [-0.1, -0.05) is 18.7 Å². The summed E-state index contributed by atoms with van der Waals surface area (Å²) < 4.78 is 7.83. The molecule has 4 nitrogen and oxygen atoms in total. The van der Waals surface area contributed by atoms with Crippen LogP contribution in [-0.2, 0) is 0 Å². The average Bonchev–Trinajstić information content (AvgIpc) is 2.84. The van der Waals surface area contributed by atoms with Gasteiger partial charge < -0.3 is 4.74 Å². The van der Waals surface area contributed by atoms with E-state index in [1.165, 1.54) is 4.68 Å². The number of nitrogens with one attached hydrogen (secondary N) is 1. The summed E-state index contributed by atoms with van der Waals surface area (Å²) in [5.41, 5.74) is 1.55. The number of rotatable bonds is 3. The summed E-state index contributed by atoms with van der Waals surface area (Å²) in [6, 6.07) is 15.3. The molecule has 2 aromatic carbocycles. The van der Waals surface area contributed by atoms with Crippen molar-refractivity contribution in [2.24, 2.45) is 0 Å². The number of halogens is 1. The quantitative estimate of drug-likeness (QED) is 0.662. The highest BCUT2D eigenvalue weighted by Crippen LogP contribution is 2.12. The van der Waals surface area contributed by atoms with Crippen molar-refractivity contribution in [2.45, 2.75) is 0 Å². The molecule has 0 bridgehead atoms. The summed E-state index contributed by atoms with van der Waals surface area (Å²) in [5.74, 6) is 0.748. The molecule has 1 aromatic heterocycles. The van der Waals surface area contributed by atoms with Gasteiger partial charge in [-0.15, -0.1) is 0 Å². The van der Waals surface area contributed by atoms with Crippen molar-refractivity contribution in [2.75, 3.05) is 7.11 Å². The van der Waals surface area contributed by atoms with Crippen LogP contribution in [0, 0.1) is 3.57 Å². The largest absolute Gasteiger partial charge is 0.497 e. The van der Waals surface area contributed by atoms with E-state index in [4.69, 9.17) is 4.74 Å². The van der Waals surface area contributed by atoms with Gasteiger partial charge in [-0.2, -0.15) is 0 Å². The van der Waals surface area contributed by atoms with Gasteiger partial charge in [0.1, 0.15) is 5.75 Å². The van der Waals surface area contributed by atoms with Gasteiger partial charge in [-0.25, -0.2) is 4.68 Å². The summed E-state index contributed by atoms with van der Waals surface area (Å²) in [4.78, 5) is 12.7. The van der Waals surface area contributed by atoms with E-state index < -0.39 is 0 Å². The van der Waals surface area contributed by atoms with Crippen LogP contribution in [0.2, 0.25) is 0 Å². The van der Waals surface area contributed by atoms with Gasteiger partial charge in [-0.3, -0.25) is 9.89 Å². The Bertz CT molecular complexity index is 1000. The maximum atomic E-state index is 12.7. The highest BCUT2D eigenvalue weighted by Gasteiger charge is 2.05. The topological polar surface area (TPSA) is 47.0 Å². The maximum Gasteiger partial charge on any atom is 0.279 e. The maximum absolute atomic E-state index is 12.7. The normalized spacial score (nSPS) is 11.7. The molecule has 1 heterocycles. The fourth-order valence-electron chi connectivity index (χ4n) is 2.31. The summed E-state index contributed by atoms with van der Waals surface area (Å²) in [6.07, 6.45) is 1.81. The fraction of sp³-hybridized carbons (Fsp3) is 0.0556. The van der Waals surface area contributed by atoms with E-state index in [0.29, 0.717) is 10.6 Å². The molecule has 3 rings (SSSR count). The number of hydrogen-bond donors (Lipinski definition) is 1. The summed E-state index contributed by atoms with van der Waals surface area (Å²) in [5, 5.41) is 4.14. The van der Waals surface area contributed by atoms with Crippen LogP contribution in [0.15, 0.2) is 53.3 Å². The zero-order valence-electron chi connectivity index (χ0n) is 12.5. The van der Waals surface area contributed by atoms with Crippen LogP contribution in [0.1, 0.15) is 5.56 Å². The zero-order chi connectivity index (χ0) is 16.4. The molecule has 0 amide bonds. The second-order valence-electron chi connectivity index (χ2n) is 5.04. The molecule has 23 heavy (non-hydrogen) atoms. The first-order chi connectivity index (χ1) is 11.1. The Kier molecular flexibility index (Phi) is 4.38. The lowest BCUT2D eigenvalue weighted by Gasteiger charge is -2.00. The Labute approximate surface area is 146 Å². The number of benzene rings is 2. The second kappa shape index (κ2) is 6.45. The van der Waals surface area contributed by atoms with Crippen LogP contribution >= 0.6 is 22.6 Å². The van der Waals surface area contributed by atoms with E-state index in [1.807, 2.05) is 54.6 Å². The van der Waals surface area contributed by atoms with Crippen LogP contribution in [0.3, 0.4) is 0 Å². The molecule has 1 N–H and O–H groups in total. The van der Waals surface area contributed by atoms with Crippen molar-refractivity contribution in [1.82, 2.24) is 9.78 Å². The van der Waals surface area contributed by atoms with Gasteiger partial charge >= 0.3 is 0 Å². The molecule has 0 aliphatic rings. The minimum atomic E-state index is -0.126. The number of hydrogen-bond acceptors (Lipinski definition) is 2. The molecular formula is C18H15IN2O2. The Hall–Kier alpha value is -2.28. The molecule has 0 atom stereocenters. The molecule has 3 aromatic rings. The zero-order valence-corrected chi connectivity index (χ0v) is 14.7. The number of ether oxygens (including phenoxy) is 1. The minimum absolute atomic E-state index is 0.126. The van der Waals surface area contributed by atoms with Crippen LogP contribution in [0.5, 0.6) is 5.75 Å². The number of methoxy groups -OCH3 is 1. The van der Waals surface area contributed by atoms with E-state index in [9.17, 15) is 4.79 Å². The van der Waals surface area contributed by atoms with Crippen LogP contribution in [0.4, 0.5) is 0 Å². The molecule has 0 saturated heterocycles. The number of aromatic amines is 1. The molecule has 0 radical (unpaired) electrons. The average molecular weight is 418 g/mol. The van der Waals surface area contributed by atoms with Gasteiger partial charge in [0.2, 0.25) is 0 Å². The molecule has 0 spiro atoms. The lowest BCUT2D eigenvalue weighted by atomic mass is 10.2. The summed E-state index contributed by atoms with van der Waals surface area (Å²) in [7, 11) is 1.62. The summed E-state index contributed by atoms with van der Waals surface area (Å²) in [6.45, 7) is 3.94. The Morgan fingerprint density at radius 2 is 1.96 bits per heavy atom. The van der Waals surface area contributed by atoms with Crippen LogP contribution < -0.4 is 20.9 Å². The van der Waals surface area contributed by atoms with E-state index in [2.05, 4.69) is 34.3 Å². The first kappa shape index (κ1) is 15.6. The highest BCUT2D eigenvalue weighted by atomic mass is 127. The summed E-state index contributed by atoms with van der Waals surface area (Å²) >= 11 is 2.23. The van der Waals surface area contributed by atoms with Crippen molar-refractivity contribution in [3.05, 3.63) is 78.6 Å². The number of aromatic nitrogens is 2. The van der Waals surface area contributed by atoms with Gasteiger partial charge in [0.05, 0.1) is 23.4 Å². The van der Waals surface area contributed by atoms with Gasteiger partial charge in [0, 0.05) is 3.57 Å². The smallest absolute Gasteiger partial charge is 0.279 e. The monoisotopic (exact) mass is 418 g/mol. The van der Waals surface area contributed by atoms with Gasteiger partial charge in [-0.05, 0) is 70.6 Å². The number of H-pyrrole nitrogens is 1. The van der Waals surface area contributed by atoms with Crippen molar-refractivity contribution in [3.8, 4) is 11.4 Å². The van der Waals surface area contributed by atoms with Crippen molar-refractivity contribution in [3.63, 3.8) is 0 Å². The van der Waals surface area contributed by atoms with Gasteiger partial charge in [0.25, 0.3) is 5.56 Å². The predicted molar refractivity (Wildman–Crippen MR) is 100 cm³/mol. The van der Waals surface area contributed by atoms with Crippen molar-refractivity contribution >= 4 is 35.2 Å². The SMILES string of the molecule is C=c1[nH]n(-c2ccc(I)cc2)c(=O)/c1=C/c1cccc(OC)c1. The third-order valence-electron chi connectivity index (χ3n) is 3.50. The number of nitrogens with zero attached hydrogens (tertiary/aromatic N) is 1. The third-order valence-corrected chi connectivity index (χ3v) is 4.21. The van der Waals surface area contributed by atoms with E-state index in [0.717, 1.165) is 20.6 Å². The van der Waals surface area contributed by atoms with E-state index in [1.54, 1.807) is 7.11 Å². The predicted octanol–water partition coefficient (Wildman–Crippen LogP) is 2.02. The van der Waals surface area contributed by atoms with Crippen molar-refractivity contribution < 1.29 is 4.74 Å². The first-order valence-corrected chi connectivity index (χ1v) is 8.08. The van der Waals surface area contributed by atoms with Crippen molar-refractivity contribution in [1.29, 1.82) is 0 Å². The molecule has 0 aliphatic heterocycles. The lowest BCUT2D eigenvalue weighted by Crippen LogP contribution is -2.33. The Balaban J connectivity index is 2.14. The molecule has 0 saturated carbocycles. The van der Waals surface area contributed by atoms with E-state index in [-0.39, 0.29) is 5.56 Å². The molecule has 5 heteroatoms. The molecule has 0 fully saturated rings. The Morgan fingerprint density at radius 1 is 1.22 bits per heavy atom. The highest BCUT2D eigenvalue weighted by molar-refractivity contribution is 14.1. The van der Waals surface area contributed by atoms with E-state index >= 15 is 0 Å². The van der Waals surface area contributed by atoms with Crippen LogP contribution in [-0.4, -0.2) is 16.9 Å². The molecular weight excluding hydrogens is 403 g/mol. The third kappa shape index (κ3) is 3.24. The fourth-order valence-corrected chi connectivity index (χ4v) is 2.67. The molecule has 0 aliphatic carbocycles. The van der Waals surface area contributed by atoms with Crippen LogP contribution in [0.25, 0.3) is 18.3 Å². The minimum Gasteiger partial charge on any atom is -0.497 e.